The number of carbonyl (C=O) groups is 1. The van der Waals surface area contributed by atoms with Crippen LogP contribution in [0.3, 0.4) is 0 Å². The van der Waals surface area contributed by atoms with Crippen LogP contribution in [0.5, 0.6) is 0 Å². The summed E-state index contributed by atoms with van der Waals surface area (Å²) in [5.41, 5.74) is -1.09. The van der Waals surface area contributed by atoms with Crippen molar-refractivity contribution in [3.05, 3.63) is 35.1 Å². The van der Waals surface area contributed by atoms with Gasteiger partial charge in [0, 0.05) is 5.56 Å². The van der Waals surface area contributed by atoms with Crippen LogP contribution in [-0.4, -0.2) is 12.7 Å². The van der Waals surface area contributed by atoms with E-state index in [4.69, 9.17) is 0 Å². The minimum Gasteiger partial charge on any atom is -0.447 e. The summed E-state index contributed by atoms with van der Waals surface area (Å²) in [6.07, 6.45) is -5.30. The molecule has 1 aliphatic rings. The lowest BCUT2D eigenvalue weighted by molar-refractivity contribution is -0.137. The Balaban J connectivity index is 0.00000162. The van der Waals surface area contributed by atoms with Crippen molar-refractivity contribution in [2.24, 2.45) is 0 Å². The Morgan fingerprint density at radius 2 is 2.00 bits per heavy atom. The molecule has 100 valence electrons. The van der Waals surface area contributed by atoms with Crippen molar-refractivity contribution in [3.63, 3.8) is 0 Å². The van der Waals surface area contributed by atoms with Crippen LogP contribution >= 0.6 is 12.4 Å². The molecule has 0 bridgehead atoms. The molecule has 1 atom stereocenters. The third kappa shape index (κ3) is 2.84. The predicted octanol–water partition coefficient (Wildman–Crippen LogP) is 3.05. The number of carbonyl (C=O) groups excluding carboxylic acids is 1. The number of alkyl halides is 3. The molecule has 0 aliphatic carbocycles. The van der Waals surface area contributed by atoms with Gasteiger partial charge in [-0.15, -0.1) is 12.4 Å². The molecule has 0 radical (unpaired) electrons. The Kier molecular flexibility index (Phi) is 4.05. The highest BCUT2D eigenvalue weighted by Crippen LogP contribution is 2.31. The van der Waals surface area contributed by atoms with Gasteiger partial charge in [0.1, 0.15) is 12.4 Å². The van der Waals surface area contributed by atoms with Crippen molar-refractivity contribution < 1.29 is 27.1 Å². The Hall–Kier alpha value is -1.50. The van der Waals surface area contributed by atoms with Crippen molar-refractivity contribution in [1.82, 2.24) is 5.32 Å². The fraction of sp³-hybridized carbons (Fsp3) is 0.300. The first-order chi connectivity index (χ1) is 7.88. The largest absolute Gasteiger partial charge is 0.447 e. The minimum absolute atomic E-state index is 0. The number of cyclic esters (lactones) is 1. The number of benzene rings is 1. The minimum atomic E-state index is -4.59. The molecule has 1 fully saturated rings. The molecule has 0 spiro atoms. The van der Waals surface area contributed by atoms with E-state index in [-0.39, 0.29) is 24.6 Å². The molecule has 1 aliphatic heterocycles. The van der Waals surface area contributed by atoms with Crippen LogP contribution in [-0.2, 0) is 10.9 Å². The summed E-state index contributed by atoms with van der Waals surface area (Å²) in [6, 6.07) is 1.42. The maximum absolute atomic E-state index is 13.5. The second-order valence-electron chi connectivity index (χ2n) is 3.53. The van der Waals surface area contributed by atoms with E-state index in [9.17, 15) is 22.4 Å². The summed E-state index contributed by atoms with van der Waals surface area (Å²) < 4.78 is 54.8. The molecule has 0 aromatic heterocycles. The molecule has 8 heteroatoms. The number of halogens is 5. The number of ether oxygens (including phenoxy) is 1. The predicted molar refractivity (Wildman–Crippen MR) is 55.9 cm³/mol. The van der Waals surface area contributed by atoms with Gasteiger partial charge in [0.15, 0.2) is 0 Å². The van der Waals surface area contributed by atoms with Crippen LogP contribution in [0.4, 0.5) is 22.4 Å². The van der Waals surface area contributed by atoms with Gasteiger partial charge in [0.2, 0.25) is 0 Å². The molecular formula is C10H8ClF4NO2. The molecule has 1 saturated heterocycles. The second kappa shape index (κ2) is 5.01. The molecular weight excluding hydrogens is 278 g/mol. The first-order valence-electron chi connectivity index (χ1n) is 4.68. The molecule has 0 saturated carbocycles. The summed E-state index contributed by atoms with van der Waals surface area (Å²) in [5, 5.41) is 2.29. The average Bonchev–Trinajstić information content (AvgIpc) is 2.63. The molecule has 3 nitrogen and oxygen atoms in total. The average molecular weight is 286 g/mol. The zero-order valence-corrected chi connectivity index (χ0v) is 9.57. The zero-order valence-electron chi connectivity index (χ0n) is 8.75. The van der Waals surface area contributed by atoms with Gasteiger partial charge >= 0.3 is 12.3 Å². The maximum Gasteiger partial charge on any atom is 0.416 e. The van der Waals surface area contributed by atoms with E-state index in [0.29, 0.717) is 6.07 Å². The van der Waals surface area contributed by atoms with Crippen LogP contribution in [0.25, 0.3) is 0 Å². The smallest absolute Gasteiger partial charge is 0.416 e. The van der Waals surface area contributed by atoms with Gasteiger partial charge in [-0.1, -0.05) is 6.07 Å². The van der Waals surface area contributed by atoms with E-state index >= 15 is 0 Å². The van der Waals surface area contributed by atoms with Crippen LogP contribution in [0.1, 0.15) is 17.2 Å². The number of rotatable bonds is 1. The van der Waals surface area contributed by atoms with Crippen molar-refractivity contribution in [2.45, 2.75) is 12.2 Å². The quantitative estimate of drug-likeness (QED) is 0.806. The lowest BCUT2D eigenvalue weighted by atomic mass is 10.0. The van der Waals surface area contributed by atoms with Crippen molar-refractivity contribution >= 4 is 18.5 Å². The van der Waals surface area contributed by atoms with E-state index in [1.165, 1.54) is 0 Å². The van der Waals surface area contributed by atoms with Gasteiger partial charge in [-0.05, 0) is 12.1 Å². The van der Waals surface area contributed by atoms with Gasteiger partial charge in [-0.3, -0.25) is 0 Å². The van der Waals surface area contributed by atoms with Gasteiger partial charge in [0.25, 0.3) is 0 Å². The summed E-state index contributed by atoms with van der Waals surface area (Å²) in [5.74, 6) is -1.02. The molecule has 18 heavy (non-hydrogen) atoms. The van der Waals surface area contributed by atoms with E-state index in [2.05, 4.69) is 10.1 Å². The van der Waals surface area contributed by atoms with E-state index in [1.54, 1.807) is 0 Å². The highest BCUT2D eigenvalue weighted by atomic mass is 35.5. The first-order valence-corrected chi connectivity index (χ1v) is 4.68. The van der Waals surface area contributed by atoms with Gasteiger partial charge in [-0.25, -0.2) is 9.18 Å². The second-order valence-corrected chi connectivity index (χ2v) is 3.53. The van der Waals surface area contributed by atoms with E-state index < -0.39 is 29.7 Å². The topological polar surface area (TPSA) is 38.3 Å². The maximum atomic E-state index is 13.5. The standard InChI is InChI=1S/C10H7F4NO2.ClH/c11-7-3-5(10(12,13)14)1-2-6(7)8-4-17-9(16)15-8;/h1-3,8H,4H2,(H,15,16);1H/t8-;/m0./s1. The van der Waals surface area contributed by atoms with Crippen LogP contribution < -0.4 is 5.32 Å². The SMILES string of the molecule is Cl.O=C1N[C@H](c2ccc(C(F)(F)F)cc2F)CO1. The highest BCUT2D eigenvalue weighted by Gasteiger charge is 2.33. The number of amides is 1. The molecule has 0 unspecified atom stereocenters. The first kappa shape index (κ1) is 14.6. The van der Waals surface area contributed by atoms with Gasteiger partial charge in [-0.2, -0.15) is 13.2 Å². The fourth-order valence-electron chi connectivity index (χ4n) is 1.54. The number of hydrogen-bond acceptors (Lipinski definition) is 2. The lowest BCUT2D eigenvalue weighted by Gasteiger charge is -2.12. The fourth-order valence-corrected chi connectivity index (χ4v) is 1.54. The molecule has 1 amide bonds. The molecule has 1 heterocycles. The monoisotopic (exact) mass is 285 g/mol. The van der Waals surface area contributed by atoms with E-state index in [1.807, 2.05) is 0 Å². The molecule has 1 N–H and O–H groups in total. The Morgan fingerprint density at radius 3 is 2.44 bits per heavy atom. The molecule has 1 aromatic carbocycles. The number of nitrogens with one attached hydrogen (secondary N) is 1. The van der Waals surface area contributed by atoms with E-state index in [0.717, 1.165) is 12.1 Å². The Morgan fingerprint density at radius 1 is 1.33 bits per heavy atom. The third-order valence-corrected chi connectivity index (χ3v) is 2.38. The Labute approximate surface area is 106 Å². The summed E-state index contributed by atoms with van der Waals surface area (Å²) >= 11 is 0. The zero-order chi connectivity index (χ0) is 12.6. The van der Waals surface area contributed by atoms with Crippen molar-refractivity contribution in [1.29, 1.82) is 0 Å². The summed E-state index contributed by atoms with van der Waals surface area (Å²) in [6.45, 7) is -0.0961. The molecule has 2 rings (SSSR count). The Bertz CT molecular complexity index is 464. The summed E-state index contributed by atoms with van der Waals surface area (Å²) in [4.78, 5) is 10.7. The molecule has 1 aromatic rings. The van der Waals surface area contributed by atoms with Gasteiger partial charge < -0.3 is 10.1 Å². The van der Waals surface area contributed by atoms with Crippen molar-refractivity contribution in [2.75, 3.05) is 6.61 Å². The van der Waals surface area contributed by atoms with Gasteiger partial charge in [0.05, 0.1) is 11.6 Å². The summed E-state index contributed by atoms with van der Waals surface area (Å²) in [7, 11) is 0. The number of alkyl carbamates (subject to hydrolysis) is 1. The van der Waals surface area contributed by atoms with Crippen LogP contribution in [0, 0.1) is 5.82 Å². The highest BCUT2D eigenvalue weighted by molar-refractivity contribution is 5.85. The van der Waals surface area contributed by atoms with Crippen LogP contribution in [0.15, 0.2) is 18.2 Å². The third-order valence-electron chi connectivity index (χ3n) is 2.38. The van der Waals surface area contributed by atoms with Crippen LogP contribution in [0.2, 0.25) is 0 Å². The normalized spacial score (nSPS) is 18.9. The number of hydrogen-bond donors (Lipinski definition) is 1. The lowest BCUT2D eigenvalue weighted by Crippen LogP contribution is -2.19. The van der Waals surface area contributed by atoms with Crippen molar-refractivity contribution in [3.8, 4) is 0 Å².